The molecule has 0 bridgehead atoms. The SMILES string of the molecule is COc1ccc2cccc(/C=C/N3C(=O)c4ccccc4C3=O)c2n1. The van der Waals surface area contributed by atoms with E-state index in [0.717, 1.165) is 21.4 Å². The fourth-order valence-corrected chi connectivity index (χ4v) is 2.90. The molecule has 1 aliphatic heterocycles. The largest absolute Gasteiger partial charge is 0.481 e. The second kappa shape index (κ2) is 5.87. The molecule has 0 spiro atoms. The molecule has 2 heterocycles. The number of carbonyl (C=O) groups is 2. The lowest BCUT2D eigenvalue weighted by atomic mass is 10.1. The highest BCUT2D eigenvalue weighted by Gasteiger charge is 2.33. The van der Waals surface area contributed by atoms with Gasteiger partial charge in [0.2, 0.25) is 5.88 Å². The normalized spacial score (nSPS) is 13.7. The summed E-state index contributed by atoms with van der Waals surface area (Å²) >= 11 is 0. The predicted molar refractivity (Wildman–Crippen MR) is 94.3 cm³/mol. The molecule has 0 radical (unpaired) electrons. The Kier molecular flexibility index (Phi) is 3.54. The summed E-state index contributed by atoms with van der Waals surface area (Å²) in [6.07, 6.45) is 3.22. The molecule has 2 amide bonds. The van der Waals surface area contributed by atoms with Gasteiger partial charge in [-0.15, -0.1) is 0 Å². The van der Waals surface area contributed by atoms with E-state index in [1.807, 2.05) is 24.3 Å². The molecule has 1 aromatic heterocycles. The third-order valence-electron chi connectivity index (χ3n) is 4.16. The van der Waals surface area contributed by atoms with Crippen LogP contribution < -0.4 is 4.74 Å². The van der Waals surface area contributed by atoms with E-state index in [-0.39, 0.29) is 11.8 Å². The van der Waals surface area contributed by atoms with E-state index in [2.05, 4.69) is 4.98 Å². The van der Waals surface area contributed by atoms with Crippen LogP contribution in [0.5, 0.6) is 5.88 Å². The quantitative estimate of drug-likeness (QED) is 0.690. The fourth-order valence-electron chi connectivity index (χ4n) is 2.90. The minimum Gasteiger partial charge on any atom is -0.481 e. The smallest absolute Gasteiger partial charge is 0.265 e. The van der Waals surface area contributed by atoms with Crippen LogP contribution in [0.25, 0.3) is 17.0 Å². The number of hydrogen-bond donors (Lipinski definition) is 0. The molecule has 5 nitrogen and oxygen atoms in total. The fraction of sp³-hybridized carbons (Fsp3) is 0.0500. The topological polar surface area (TPSA) is 59.5 Å². The van der Waals surface area contributed by atoms with Crippen LogP contribution in [-0.2, 0) is 0 Å². The Labute approximate surface area is 144 Å². The first-order valence-electron chi connectivity index (χ1n) is 7.78. The second-order valence-electron chi connectivity index (χ2n) is 5.61. The molecule has 0 saturated heterocycles. The van der Waals surface area contributed by atoms with Gasteiger partial charge in [-0.05, 0) is 24.3 Å². The predicted octanol–water partition coefficient (Wildman–Crippen LogP) is 3.51. The zero-order valence-corrected chi connectivity index (χ0v) is 13.5. The Bertz CT molecular complexity index is 1010. The van der Waals surface area contributed by atoms with Crippen LogP contribution in [0.15, 0.2) is 60.8 Å². The molecule has 0 N–H and O–H groups in total. The van der Waals surface area contributed by atoms with E-state index >= 15 is 0 Å². The average Bonchev–Trinajstić information content (AvgIpc) is 2.90. The highest BCUT2D eigenvalue weighted by molar-refractivity contribution is 6.22. The zero-order chi connectivity index (χ0) is 17.4. The van der Waals surface area contributed by atoms with Crippen molar-refractivity contribution in [1.29, 1.82) is 0 Å². The number of hydrogen-bond acceptors (Lipinski definition) is 4. The summed E-state index contributed by atoms with van der Waals surface area (Å²) in [5, 5.41) is 0.949. The summed E-state index contributed by atoms with van der Waals surface area (Å²) in [5.74, 6) is -0.126. The van der Waals surface area contributed by atoms with E-state index in [4.69, 9.17) is 4.74 Å². The summed E-state index contributed by atoms with van der Waals surface area (Å²) in [6, 6.07) is 16.3. The Morgan fingerprint density at radius 3 is 2.32 bits per heavy atom. The molecule has 0 unspecified atom stereocenters. The third kappa shape index (κ3) is 2.46. The number of carbonyl (C=O) groups excluding carboxylic acids is 2. The highest BCUT2D eigenvalue weighted by atomic mass is 16.5. The summed E-state index contributed by atoms with van der Waals surface area (Å²) in [6.45, 7) is 0. The van der Waals surface area contributed by atoms with E-state index < -0.39 is 0 Å². The van der Waals surface area contributed by atoms with Gasteiger partial charge in [0.05, 0.1) is 23.8 Å². The Morgan fingerprint density at radius 2 is 1.64 bits per heavy atom. The van der Waals surface area contributed by atoms with Crippen molar-refractivity contribution in [1.82, 2.24) is 9.88 Å². The maximum Gasteiger partial charge on any atom is 0.265 e. The van der Waals surface area contributed by atoms with Crippen molar-refractivity contribution < 1.29 is 14.3 Å². The van der Waals surface area contributed by atoms with Crippen molar-refractivity contribution in [2.75, 3.05) is 7.11 Å². The van der Waals surface area contributed by atoms with Crippen molar-refractivity contribution in [3.8, 4) is 5.88 Å². The van der Waals surface area contributed by atoms with E-state index in [1.54, 1.807) is 43.5 Å². The standard InChI is InChI=1S/C20H14N2O3/c1-25-17-10-9-13-5-4-6-14(18(13)21-17)11-12-22-19(23)15-7-2-3-8-16(15)20(22)24/h2-12H,1H3/b12-11+. The van der Waals surface area contributed by atoms with Crippen molar-refractivity contribution in [2.24, 2.45) is 0 Å². The van der Waals surface area contributed by atoms with Crippen LogP contribution in [0.2, 0.25) is 0 Å². The molecule has 122 valence electrons. The average molecular weight is 330 g/mol. The van der Waals surface area contributed by atoms with Gasteiger partial charge in [-0.2, -0.15) is 0 Å². The van der Waals surface area contributed by atoms with Crippen LogP contribution in [0.3, 0.4) is 0 Å². The first kappa shape index (κ1) is 15.1. The van der Waals surface area contributed by atoms with Gasteiger partial charge in [0.25, 0.3) is 11.8 Å². The first-order chi connectivity index (χ1) is 12.2. The molecule has 25 heavy (non-hydrogen) atoms. The minimum atomic E-state index is -0.317. The number of aromatic nitrogens is 1. The highest BCUT2D eigenvalue weighted by Crippen LogP contribution is 2.25. The van der Waals surface area contributed by atoms with Crippen molar-refractivity contribution >= 4 is 28.8 Å². The molecule has 0 fully saturated rings. The van der Waals surface area contributed by atoms with E-state index in [0.29, 0.717) is 17.0 Å². The van der Waals surface area contributed by atoms with Crippen LogP contribution >= 0.6 is 0 Å². The van der Waals surface area contributed by atoms with Gasteiger partial charge in [0.1, 0.15) is 0 Å². The number of imide groups is 1. The number of methoxy groups -OCH3 is 1. The van der Waals surface area contributed by atoms with Crippen molar-refractivity contribution in [2.45, 2.75) is 0 Å². The van der Waals surface area contributed by atoms with Crippen LogP contribution in [0.4, 0.5) is 0 Å². The third-order valence-corrected chi connectivity index (χ3v) is 4.16. The summed E-state index contributed by atoms with van der Waals surface area (Å²) < 4.78 is 5.18. The number of fused-ring (bicyclic) bond motifs is 2. The Balaban J connectivity index is 1.73. The molecule has 0 saturated carbocycles. The zero-order valence-electron chi connectivity index (χ0n) is 13.5. The number of rotatable bonds is 3. The van der Waals surface area contributed by atoms with Gasteiger partial charge in [-0.3, -0.25) is 9.59 Å². The molecule has 5 heteroatoms. The lowest BCUT2D eigenvalue weighted by Gasteiger charge is -2.08. The van der Waals surface area contributed by atoms with Gasteiger partial charge < -0.3 is 4.74 Å². The van der Waals surface area contributed by atoms with Gasteiger partial charge in [-0.25, -0.2) is 9.88 Å². The monoisotopic (exact) mass is 330 g/mol. The molecular formula is C20H14N2O3. The van der Waals surface area contributed by atoms with Crippen LogP contribution in [-0.4, -0.2) is 28.8 Å². The number of pyridine rings is 1. The van der Waals surface area contributed by atoms with Crippen LogP contribution in [0.1, 0.15) is 26.3 Å². The lowest BCUT2D eigenvalue weighted by molar-refractivity contribution is 0.0722. The Morgan fingerprint density at radius 1 is 0.920 bits per heavy atom. The number of benzene rings is 2. The van der Waals surface area contributed by atoms with E-state index in [9.17, 15) is 9.59 Å². The minimum absolute atomic E-state index is 0.317. The summed E-state index contributed by atoms with van der Waals surface area (Å²) in [4.78, 5) is 30.4. The Hall–Kier alpha value is -3.47. The number of nitrogens with zero attached hydrogens (tertiary/aromatic N) is 2. The van der Waals surface area contributed by atoms with Crippen molar-refractivity contribution in [3.63, 3.8) is 0 Å². The molecule has 4 rings (SSSR count). The molecule has 3 aromatic rings. The van der Waals surface area contributed by atoms with Gasteiger partial charge >= 0.3 is 0 Å². The van der Waals surface area contributed by atoms with E-state index in [1.165, 1.54) is 6.20 Å². The lowest BCUT2D eigenvalue weighted by Crippen LogP contribution is -2.23. The number of amides is 2. The maximum atomic E-state index is 12.4. The van der Waals surface area contributed by atoms with Gasteiger partial charge in [0.15, 0.2) is 0 Å². The first-order valence-corrected chi connectivity index (χ1v) is 7.78. The molecule has 1 aliphatic rings. The number of para-hydroxylation sites is 1. The summed E-state index contributed by atoms with van der Waals surface area (Å²) in [7, 11) is 1.56. The van der Waals surface area contributed by atoms with Crippen LogP contribution in [0, 0.1) is 0 Å². The molecule has 0 atom stereocenters. The summed E-state index contributed by atoms with van der Waals surface area (Å²) in [5.41, 5.74) is 2.40. The molecular weight excluding hydrogens is 316 g/mol. The van der Waals surface area contributed by atoms with Gasteiger partial charge in [0, 0.05) is 23.2 Å². The molecule has 2 aromatic carbocycles. The van der Waals surface area contributed by atoms with Crippen molar-refractivity contribution in [3.05, 3.63) is 77.5 Å². The second-order valence-corrected chi connectivity index (χ2v) is 5.61. The molecule has 0 aliphatic carbocycles. The number of ether oxygens (including phenoxy) is 1. The van der Waals surface area contributed by atoms with Gasteiger partial charge in [-0.1, -0.05) is 30.3 Å². The maximum absolute atomic E-state index is 12.4.